The number of ether oxygens (including phenoxy) is 1. The number of hydrogen-bond donors (Lipinski definition) is 3. The fourth-order valence-corrected chi connectivity index (χ4v) is 6.68. The van der Waals surface area contributed by atoms with Crippen molar-refractivity contribution >= 4 is 43.8 Å². The highest BCUT2D eigenvalue weighted by Gasteiger charge is 2.32. The first-order valence-electron chi connectivity index (χ1n) is 11.4. The van der Waals surface area contributed by atoms with Gasteiger partial charge in [0.15, 0.2) is 0 Å². The van der Waals surface area contributed by atoms with Gasteiger partial charge in [0.05, 0.1) is 16.8 Å². The van der Waals surface area contributed by atoms with Crippen LogP contribution >= 0.6 is 22.7 Å². The molecule has 2 unspecified atom stereocenters. The molecule has 0 saturated carbocycles. The Hall–Kier alpha value is -1.84. The van der Waals surface area contributed by atoms with Crippen LogP contribution in [0, 0.1) is 0 Å². The molecule has 0 radical (unpaired) electrons. The van der Waals surface area contributed by atoms with Crippen molar-refractivity contribution in [3.8, 4) is 10.6 Å². The predicted molar refractivity (Wildman–Crippen MR) is 135 cm³/mol. The van der Waals surface area contributed by atoms with Crippen molar-refractivity contribution in [2.24, 2.45) is 0 Å². The zero-order valence-corrected chi connectivity index (χ0v) is 20.6. The van der Waals surface area contributed by atoms with Gasteiger partial charge in [-0.05, 0) is 37.0 Å². The number of carbonyl (C=O) groups excluding carboxylic acids is 1. The van der Waals surface area contributed by atoms with Crippen LogP contribution in [0.2, 0.25) is 0 Å². The van der Waals surface area contributed by atoms with Crippen LogP contribution < -0.4 is 16.0 Å². The summed E-state index contributed by atoms with van der Waals surface area (Å²) in [4.78, 5) is 19.1. The van der Waals surface area contributed by atoms with Gasteiger partial charge in [0.1, 0.15) is 10.0 Å². The summed E-state index contributed by atoms with van der Waals surface area (Å²) in [6.45, 7) is 6.48. The van der Waals surface area contributed by atoms with Crippen LogP contribution in [0.5, 0.6) is 0 Å². The van der Waals surface area contributed by atoms with Crippen molar-refractivity contribution < 1.29 is 9.53 Å². The minimum Gasteiger partial charge on any atom is -0.383 e. The lowest BCUT2D eigenvalue weighted by molar-refractivity contribution is -0.116. The third-order valence-corrected chi connectivity index (χ3v) is 8.23. The van der Waals surface area contributed by atoms with E-state index in [1.54, 1.807) is 29.8 Å². The number of carbonyl (C=O) groups is 1. The Kier molecular flexibility index (Phi) is 7.91. The van der Waals surface area contributed by atoms with Gasteiger partial charge in [0, 0.05) is 49.1 Å². The topological polar surface area (TPSA) is 75.3 Å². The first-order valence-corrected chi connectivity index (χ1v) is 13.0. The summed E-state index contributed by atoms with van der Waals surface area (Å²) in [6, 6.07) is 9.02. The maximum absolute atomic E-state index is 12.8. The first kappa shape index (κ1) is 23.3. The summed E-state index contributed by atoms with van der Waals surface area (Å²) in [6.07, 6.45) is 3.51. The van der Waals surface area contributed by atoms with E-state index in [0.717, 1.165) is 46.9 Å². The normalized spacial score (nSPS) is 18.1. The fourth-order valence-electron chi connectivity index (χ4n) is 4.18. The second-order valence-corrected chi connectivity index (χ2v) is 10.2. The van der Waals surface area contributed by atoms with Gasteiger partial charge in [-0.15, -0.1) is 22.7 Å². The number of nitrogens with zero attached hydrogens (tertiary/aromatic N) is 1. The van der Waals surface area contributed by atoms with E-state index in [2.05, 4.69) is 48.0 Å². The molecule has 0 bridgehead atoms. The van der Waals surface area contributed by atoms with E-state index >= 15 is 0 Å². The molecule has 2 atom stereocenters. The SMILES string of the molecule is CCC1Cc2c(sc(NC(=O)CCNCCOC)c2-c2nc3ccccc3s2)C(CC)N1. The number of fused-ring (bicyclic) bond motifs is 2. The molecule has 4 rings (SSSR count). The number of nitrogens with one attached hydrogen (secondary N) is 3. The second-order valence-electron chi connectivity index (χ2n) is 8.11. The molecule has 2 aromatic heterocycles. The van der Waals surface area contributed by atoms with Crippen LogP contribution in [0.25, 0.3) is 20.8 Å². The number of thiazole rings is 1. The van der Waals surface area contributed by atoms with Gasteiger partial charge in [-0.25, -0.2) is 4.98 Å². The van der Waals surface area contributed by atoms with Crippen LogP contribution in [0.3, 0.4) is 0 Å². The number of rotatable bonds is 10. The highest BCUT2D eigenvalue weighted by atomic mass is 32.1. The van der Waals surface area contributed by atoms with Gasteiger partial charge in [-0.3, -0.25) is 4.79 Å². The third-order valence-electron chi connectivity index (χ3n) is 5.92. The van der Waals surface area contributed by atoms with Gasteiger partial charge in [0.25, 0.3) is 0 Å². The zero-order valence-electron chi connectivity index (χ0n) is 19.0. The summed E-state index contributed by atoms with van der Waals surface area (Å²) in [5.41, 5.74) is 3.51. The van der Waals surface area contributed by atoms with Crippen molar-refractivity contribution in [3.05, 3.63) is 34.7 Å². The quantitative estimate of drug-likeness (QED) is 0.364. The summed E-state index contributed by atoms with van der Waals surface area (Å²) < 4.78 is 6.22. The third kappa shape index (κ3) is 5.05. The number of hydrogen-bond acceptors (Lipinski definition) is 7. The molecule has 0 saturated heterocycles. The maximum atomic E-state index is 12.8. The molecule has 32 heavy (non-hydrogen) atoms. The predicted octanol–water partition coefficient (Wildman–Crippen LogP) is 4.96. The maximum Gasteiger partial charge on any atom is 0.226 e. The smallest absolute Gasteiger partial charge is 0.226 e. The minimum atomic E-state index is 0.0314. The molecule has 3 heterocycles. The van der Waals surface area contributed by atoms with E-state index in [9.17, 15) is 4.79 Å². The van der Waals surface area contributed by atoms with Gasteiger partial charge in [-0.1, -0.05) is 26.0 Å². The highest BCUT2D eigenvalue weighted by Crippen LogP contribution is 2.48. The lowest BCUT2D eigenvalue weighted by Gasteiger charge is -2.30. The van der Waals surface area contributed by atoms with E-state index in [1.807, 2.05) is 6.07 Å². The molecule has 1 aliphatic heterocycles. The second kappa shape index (κ2) is 10.9. The lowest BCUT2D eigenvalue weighted by atomic mass is 9.92. The van der Waals surface area contributed by atoms with Crippen molar-refractivity contribution in [2.75, 3.05) is 32.1 Å². The number of methoxy groups -OCH3 is 1. The zero-order chi connectivity index (χ0) is 22.5. The van der Waals surface area contributed by atoms with E-state index in [4.69, 9.17) is 9.72 Å². The number of amides is 1. The number of aromatic nitrogens is 1. The average molecular weight is 473 g/mol. The molecular weight excluding hydrogens is 440 g/mol. The Balaban J connectivity index is 1.66. The molecule has 6 nitrogen and oxygen atoms in total. The van der Waals surface area contributed by atoms with Crippen LogP contribution in [0.1, 0.15) is 49.6 Å². The molecule has 0 aliphatic carbocycles. The van der Waals surface area contributed by atoms with Gasteiger partial charge in [0.2, 0.25) is 5.91 Å². The number of benzene rings is 1. The molecule has 3 N–H and O–H groups in total. The monoisotopic (exact) mass is 472 g/mol. The first-order chi connectivity index (χ1) is 15.6. The van der Waals surface area contributed by atoms with Crippen molar-refractivity contribution in [3.63, 3.8) is 0 Å². The average Bonchev–Trinajstić information content (AvgIpc) is 3.38. The summed E-state index contributed by atoms with van der Waals surface area (Å²) in [5, 5.41) is 12.2. The molecule has 8 heteroatoms. The Bertz CT molecular complexity index is 1030. The molecule has 1 amide bonds. The molecule has 0 spiro atoms. The largest absolute Gasteiger partial charge is 0.383 e. The Morgan fingerprint density at radius 1 is 1.22 bits per heavy atom. The summed E-state index contributed by atoms with van der Waals surface area (Å²) in [5.74, 6) is 0.0314. The van der Waals surface area contributed by atoms with E-state index in [1.165, 1.54) is 15.1 Å². The highest BCUT2D eigenvalue weighted by molar-refractivity contribution is 7.23. The standard InChI is InChI=1S/C24H32N4O2S2/c1-4-15-14-16-21(23-27-18-8-6-7-9-19(18)31-23)24(32-22(16)17(5-2)26-15)28-20(29)10-11-25-12-13-30-3/h6-9,15,17,25-26H,4-5,10-14H2,1-3H3,(H,28,29). The lowest BCUT2D eigenvalue weighted by Crippen LogP contribution is -2.38. The fraction of sp³-hybridized carbons (Fsp3) is 0.500. The Morgan fingerprint density at radius 2 is 2.06 bits per heavy atom. The number of thiophene rings is 1. The van der Waals surface area contributed by atoms with Gasteiger partial charge in [-0.2, -0.15) is 0 Å². The number of anilines is 1. The van der Waals surface area contributed by atoms with Crippen LogP contribution in [-0.2, 0) is 16.0 Å². The molecule has 3 aromatic rings. The Labute approximate surface area is 197 Å². The molecule has 1 aliphatic rings. The van der Waals surface area contributed by atoms with Crippen molar-refractivity contribution in [2.45, 2.75) is 51.6 Å². The molecule has 172 valence electrons. The minimum absolute atomic E-state index is 0.0314. The van der Waals surface area contributed by atoms with Crippen molar-refractivity contribution in [1.82, 2.24) is 15.6 Å². The van der Waals surface area contributed by atoms with Crippen LogP contribution in [0.15, 0.2) is 24.3 Å². The molecule has 0 fully saturated rings. The summed E-state index contributed by atoms with van der Waals surface area (Å²) >= 11 is 3.43. The van der Waals surface area contributed by atoms with E-state index in [0.29, 0.717) is 31.7 Å². The number of para-hydroxylation sites is 1. The van der Waals surface area contributed by atoms with E-state index in [-0.39, 0.29) is 5.91 Å². The Morgan fingerprint density at radius 3 is 2.81 bits per heavy atom. The molecular formula is C24H32N4O2S2. The van der Waals surface area contributed by atoms with Gasteiger partial charge < -0.3 is 20.7 Å². The van der Waals surface area contributed by atoms with Gasteiger partial charge >= 0.3 is 0 Å². The van der Waals surface area contributed by atoms with Crippen LogP contribution in [-0.4, -0.2) is 43.7 Å². The summed E-state index contributed by atoms with van der Waals surface area (Å²) in [7, 11) is 1.68. The molecule has 1 aromatic carbocycles. The van der Waals surface area contributed by atoms with Crippen molar-refractivity contribution in [1.29, 1.82) is 0 Å². The van der Waals surface area contributed by atoms with E-state index < -0.39 is 0 Å². The van der Waals surface area contributed by atoms with Crippen LogP contribution in [0.4, 0.5) is 5.00 Å².